The van der Waals surface area contributed by atoms with Crippen LogP contribution >= 0.6 is 0 Å². The van der Waals surface area contributed by atoms with Gasteiger partial charge in [-0.3, -0.25) is 4.79 Å². The molecule has 0 aliphatic carbocycles. The Labute approximate surface area is 99.5 Å². The van der Waals surface area contributed by atoms with Gasteiger partial charge in [-0.15, -0.1) is 0 Å². The number of cyclic esters (lactones) is 1. The van der Waals surface area contributed by atoms with Gasteiger partial charge >= 0.3 is 11.9 Å². The minimum absolute atomic E-state index is 0.0452. The smallest absolute Gasteiger partial charge is 0.339 e. The van der Waals surface area contributed by atoms with E-state index in [4.69, 9.17) is 9.47 Å². The van der Waals surface area contributed by atoms with Crippen LogP contribution < -0.4 is 0 Å². The summed E-state index contributed by atoms with van der Waals surface area (Å²) in [6, 6.07) is 7.11. The summed E-state index contributed by atoms with van der Waals surface area (Å²) in [5, 5.41) is 0. The van der Waals surface area contributed by atoms with Crippen molar-refractivity contribution in [3.63, 3.8) is 0 Å². The fourth-order valence-electron chi connectivity index (χ4n) is 2.06. The van der Waals surface area contributed by atoms with Crippen LogP contribution in [-0.4, -0.2) is 18.5 Å². The molecule has 0 spiro atoms. The number of ether oxygens (including phenoxy) is 2. The molecule has 0 saturated carbocycles. The first-order valence-electron chi connectivity index (χ1n) is 5.55. The SMILES string of the molecule is CCOC(=O)CC1(C)OC(=O)c2ccccc21. The van der Waals surface area contributed by atoms with Gasteiger partial charge in [-0.1, -0.05) is 18.2 Å². The number of benzene rings is 1. The fraction of sp³-hybridized carbons (Fsp3) is 0.385. The van der Waals surface area contributed by atoms with Crippen molar-refractivity contribution in [3.05, 3.63) is 35.4 Å². The van der Waals surface area contributed by atoms with Crippen molar-refractivity contribution in [1.82, 2.24) is 0 Å². The number of rotatable bonds is 3. The summed E-state index contributed by atoms with van der Waals surface area (Å²) < 4.78 is 10.2. The van der Waals surface area contributed by atoms with E-state index in [0.717, 1.165) is 5.56 Å². The topological polar surface area (TPSA) is 52.6 Å². The maximum absolute atomic E-state index is 11.6. The zero-order chi connectivity index (χ0) is 12.5. The Morgan fingerprint density at radius 3 is 2.82 bits per heavy atom. The van der Waals surface area contributed by atoms with Gasteiger partial charge < -0.3 is 9.47 Å². The number of carbonyl (C=O) groups excluding carboxylic acids is 2. The molecule has 0 aromatic heterocycles. The molecule has 1 aromatic carbocycles. The van der Waals surface area contributed by atoms with Crippen molar-refractivity contribution < 1.29 is 19.1 Å². The van der Waals surface area contributed by atoms with Gasteiger partial charge in [0.1, 0.15) is 5.60 Å². The van der Waals surface area contributed by atoms with E-state index in [-0.39, 0.29) is 18.4 Å². The van der Waals surface area contributed by atoms with Gasteiger partial charge in [0.15, 0.2) is 0 Å². The van der Waals surface area contributed by atoms with E-state index in [1.165, 1.54) is 0 Å². The fourth-order valence-corrected chi connectivity index (χ4v) is 2.06. The predicted molar refractivity (Wildman–Crippen MR) is 60.5 cm³/mol. The van der Waals surface area contributed by atoms with Gasteiger partial charge in [-0.2, -0.15) is 0 Å². The van der Waals surface area contributed by atoms with Crippen molar-refractivity contribution in [2.24, 2.45) is 0 Å². The third-order valence-electron chi connectivity index (χ3n) is 2.82. The molecular formula is C13H14O4. The Kier molecular flexibility index (Phi) is 2.88. The summed E-state index contributed by atoms with van der Waals surface area (Å²) in [4.78, 5) is 23.2. The van der Waals surface area contributed by atoms with E-state index in [1.807, 2.05) is 6.07 Å². The second-order valence-corrected chi connectivity index (χ2v) is 4.15. The normalized spacial score (nSPS) is 21.9. The molecule has 0 amide bonds. The number of fused-ring (bicyclic) bond motifs is 1. The lowest BCUT2D eigenvalue weighted by molar-refractivity contribution is -0.148. The summed E-state index contributed by atoms with van der Waals surface area (Å²) in [7, 11) is 0. The molecule has 0 bridgehead atoms. The van der Waals surface area contributed by atoms with Crippen LogP contribution in [-0.2, 0) is 19.9 Å². The summed E-state index contributed by atoms with van der Waals surface area (Å²) in [5.41, 5.74) is 0.372. The molecule has 0 N–H and O–H groups in total. The third kappa shape index (κ3) is 2.02. The van der Waals surface area contributed by atoms with Crippen molar-refractivity contribution >= 4 is 11.9 Å². The molecular weight excluding hydrogens is 220 g/mol. The minimum Gasteiger partial charge on any atom is -0.466 e. The highest BCUT2D eigenvalue weighted by Crippen LogP contribution is 2.38. The molecule has 0 saturated heterocycles. The van der Waals surface area contributed by atoms with Crippen LogP contribution in [0, 0.1) is 0 Å². The molecule has 0 fully saturated rings. The Morgan fingerprint density at radius 2 is 2.12 bits per heavy atom. The first-order chi connectivity index (χ1) is 8.07. The first kappa shape index (κ1) is 11.6. The molecule has 0 radical (unpaired) electrons. The maximum Gasteiger partial charge on any atom is 0.339 e. The largest absolute Gasteiger partial charge is 0.466 e. The van der Waals surface area contributed by atoms with Crippen LogP contribution in [0.1, 0.15) is 36.2 Å². The van der Waals surface area contributed by atoms with Crippen LogP contribution in [0.2, 0.25) is 0 Å². The summed E-state index contributed by atoms with van der Waals surface area (Å²) >= 11 is 0. The number of hydrogen-bond acceptors (Lipinski definition) is 4. The number of hydrogen-bond donors (Lipinski definition) is 0. The van der Waals surface area contributed by atoms with Gasteiger partial charge in [0.2, 0.25) is 0 Å². The summed E-state index contributed by atoms with van der Waals surface area (Å²) in [5.74, 6) is -0.744. The molecule has 1 aliphatic heterocycles. The Bertz CT molecular complexity index is 466. The third-order valence-corrected chi connectivity index (χ3v) is 2.82. The molecule has 1 unspecified atom stereocenters. The van der Waals surface area contributed by atoms with E-state index in [0.29, 0.717) is 12.2 Å². The van der Waals surface area contributed by atoms with Gasteiger partial charge in [0, 0.05) is 5.56 Å². The van der Waals surface area contributed by atoms with Gasteiger partial charge in [0.05, 0.1) is 18.6 Å². The molecule has 4 nitrogen and oxygen atoms in total. The second kappa shape index (κ2) is 4.20. The van der Waals surface area contributed by atoms with E-state index in [9.17, 15) is 9.59 Å². The van der Waals surface area contributed by atoms with Crippen LogP contribution in [0.25, 0.3) is 0 Å². The Balaban J connectivity index is 2.28. The van der Waals surface area contributed by atoms with Crippen LogP contribution in [0.4, 0.5) is 0 Å². The van der Waals surface area contributed by atoms with Crippen LogP contribution in [0.5, 0.6) is 0 Å². The lowest BCUT2D eigenvalue weighted by Crippen LogP contribution is -2.26. The Hall–Kier alpha value is -1.84. The van der Waals surface area contributed by atoms with Crippen LogP contribution in [0.3, 0.4) is 0 Å². The van der Waals surface area contributed by atoms with E-state index >= 15 is 0 Å². The van der Waals surface area contributed by atoms with Gasteiger partial charge in [-0.25, -0.2) is 4.79 Å². The Morgan fingerprint density at radius 1 is 1.41 bits per heavy atom. The van der Waals surface area contributed by atoms with Crippen molar-refractivity contribution in [2.75, 3.05) is 6.61 Å². The molecule has 4 heteroatoms. The van der Waals surface area contributed by atoms with Crippen molar-refractivity contribution in [2.45, 2.75) is 25.9 Å². The van der Waals surface area contributed by atoms with Crippen molar-refractivity contribution in [1.29, 1.82) is 0 Å². The average molecular weight is 234 g/mol. The van der Waals surface area contributed by atoms with Crippen molar-refractivity contribution in [3.8, 4) is 0 Å². The molecule has 17 heavy (non-hydrogen) atoms. The van der Waals surface area contributed by atoms with Gasteiger partial charge in [0.25, 0.3) is 0 Å². The van der Waals surface area contributed by atoms with Gasteiger partial charge in [-0.05, 0) is 19.9 Å². The summed E-state index contributed by atoms with van der Waals surface area (Å²) in [6.45, 7) is 3.80. The molecule has 1 heterocycles. The minimum atomic E-state index is -0.903. The van der Waals surface area contributed by atoms with E-state index in [2.05, 4.69) is 0 Å². The monoisotopic (exact) mass is 234 g/mol. The second-order valence-electron chi connectivity index (χ2n) is 4.15. The van der Waals surface area contributed by atoms with Crippen LogP contribution in [0.15, 0.2) is 24.3 Å². The number of esters is 2. The van der Waals surface area contributed by atoms with E-state index < -0.39 is 5.60 Å². The first-order valence-corrected chi connectivity index (χ1v) is 5.55. The average Bonchev–Trinajstić information content (AvgIpc) is 2.52. The molecule has 1 aliphatic rings. The molecule has 2 rings (SSSR count). The molecule has 1 atom stereocenters. The zero-order valence-electron chi connectivity index (χ0n) is 9.86. The highest BCUT2D eigenvalue weighted by molar-refractivity contribution is 5.95. The predicted octanol–water partition coefficient (Wildman–Crippen LogP) is 2.03. The van der Waals surface area contributed by atoms with E-state index in [1.54, 1.807) is 32.0 Å². The quantitative estimate of drug-likeness (QED) is 0.751. The molecule has 1 aromatic rings. The lowest BCUT2D eigenvalue weighted by atomic mass is 9.91. The number of carbonyl (C=O) groups is 2. The highest BCUT2D eigenvalue weighted by Gasteiger charge is 2.43. The summed E-state index contributed by atoms with van der Waals surface area (Å²) in [6.07, 6.45) is 0.0452. The molecule has 90 valence electrons. The highest BCUT2D eigenvalue weighted by atomic mass is 16.6. The standard InChI is InChI=1S/C13H14O4/c1-3-16-11(14)8-13(2)10-7-5-4-6-9(10)12(15)17-13/h4-7H,3,8H2,1-2H3. The zero-order valence-corrected chi connectivity index (χ0v) is 9.86. The maximum atomic E-state index is 11.6. The lowest BCUT2D eigenvalue weighted by Gasteiger charge is -2.22.